The van der Waals surface area contributed by atoms with Crippen LogP contribution in [0.15, 0.2) is 88.6 Å². The van der Waals surface area contributed by atoms with Gasteiger partial charge in [-0.3, -0.25) is 28.7 Å². The van der Waals surface area contributed by atoms with Crippen molar-refractivity contribution in [3.8, 4) is 27.5 Å². The van der Waals surface area contributed by atoms with E-state index in [0.29, 0.717) is 28.7 Å². The minimum absolute atomic E-state index is 0.0374. The van der Waals surface area contributed by atoms with Crippen LogP contribution in [0.1, 0.15) is 94.5 Å². The molecule has 3 aromatic heterocycles. The summed E-state index contributed by atoms with van der Waals surface area (Å²) in [5, 5.41) is 35.9. The van der Waals surface area contributed by atoms with E-state index in [-0.39, 0.29) is 25.9 Å². The van der Waals surface area contributed by atoms with Gasteiger partial charge in [-0.1, -0.05) is 81.4 Å². The van der Waals surface area contributed by atoms with Gasteiger partial charge in [-0.2, -0.15) is 0 Å². The lowest BCUT2D eigenvalue weighted by molar-refractivity contribution is -0.142. The molecule has 0 bridgehead atoms. The zero-order valence-electron chi connectivity index (χ0n) is 36.7. The molecular formula is C48H50N8O7S. The number of likely N-dealkylation sites (tertiary alicyclic amines) is 1. The molecule has 5 heterocycles. The van der Waals surface area contributed by atoms with E-state index in [2.05, 4.69) is 32.7 Å². The minimum Gasteiger partial charge on any atom is -0.481 e. The Kier molecular flexibility index (Phi) is 11.9. The number of aryl methyl sites for hydroxylation is 3. The van der Waals surface area contributed by atoms with Crippen LogP contribution < -0.4 is 10.6 Å². The van der Waals surface area contributed by atoms with Gasteiger partial charge in [0.1, 0.15) is 29.0 Å². The van der Waals surface area contributed by atoms with Crippen molar-refractivity contribution in [1.29, 1.82) is 0 Å². The number of thiophene rings is 1. The molecule has 0 aliphatic carbocycles. The third-order valence-corrected chi connectivity index (χ3v) is 13.1. The van der Waals surface area contributed by atoms with Crippen molar-refractivity contribution >= 4 is 40.7 Å². The maximum Gasteiger partial charge on any atom is 0.306 e. The topological polar surface area (TPSA) is 205 Å². The number of aliphatic imine (C=N–C) groups is 1. The number of β-amino-alcohol motifs (C(OH)–C–C–N with tert-alkyl or cyclic N) is 1. The molecule has 2 aliphatic rings. The molecule has 1 unspecified atom stereocenters. The molecule has 6 aromatic rings. The summed E-state index contributed by atoms with van der Waals surface area (Å²) in [6.07, 6.45) is 0.335. The maximum absolute atomic E-state index is 14.2. The van der Waals surface area contributed by atoms with E-state index in [1.807, 2.05) is 107 Å². The lowest BCUT2D eigenvalue weighted by atomic mass is 9.85. The van der Waals surface area contributed by atoms with Crippen LogP contribution in [-0.4, -0.2) is 89.0 Å². The fourth-order valence-electron chi connectivity index (χ4n) is 8.32. The van der Waals surface area contributed by atoms with E-state index < -0.39 is 53.3 Å². The number of oxazole rings is 1. The Morgan fingerprint density at radius 1 is 0.891 bits per heavy atom. The van der Waals surface area contributed by atoms with Crippen LogP contribution in [0.3, 0.4) is 0 Å². The lowest BCUT2D eigenvalue weighted by Crippen LogP contribution is -2.57. The van der Waals surface area contributed by atoms with Crippen molar-refractivity contribution in [2.45, 2.75) is 92.1 Å². The Morgan fingerprint density at radius 3 is 2.16 bits per heavy atom. The molecule has 64 heavy (non-hydrogen) atoms. The number of nitrogens with zero attached hydrogens (tertiary/aromatic N) is 6. The normalized spacial score (nSPS) is 17.5. The molecule has 0 spiro atoms. The van der Waals surface area contributed by atoms with E-state index in [9.17, 15) is 29.4 Å². The fraction of sp³-hybridized carbons (Fsp3) is 0.333. The summed E-state index contributed by atoms with van der Waals surface area (Å²) in [6, 6.07) is 19.8. The predicted octanol–water partition coefficient (Wildman–Crippen LogP) is 6.67. The molecule has 2 aliphatic heterocycles. The number of fused-ring (bicyclic) bond motifs is 3. The molecule has 16 heteroatoms. The number of aromatic nitrogens is 4. The Balaban J connectivity index is 0.955. The van der Waals surface area contributed by atoms with Crippen LogP contribution >= 0.6 is 11.3 Å². The summed E-state index contributed by atoms with van der Waals surface area (Å²) in [6.45, 7) is 13.5. The number of benzene rings is 3. The fourth-order valence-corrected chi connectivity index (χ4v) is 9.53. The monoisotopic (exact) mass is 882 g/mol. The quantitative estimate of drug-likeness (QED) is 0.109. The zero-order chi connectivity index (χ0) is 45.6. The lowest BCUT2D eigenvalue weighted by Gasteiger charge is -2.35. The molecule has 15 nitrogen and oxygen atoms in total. The Hall–Kier alpha value is -6.78. The number of aliphatic carboxylic acids is 1. The number of nitrogens with one attached hydrogen (secondary N) is 2. The first-order valence-corrected chi connectivity index (χ1v) is 21.9. The molecule has 8 rings (SSSR count). The molecule has 1 saturated heterocycles. The van der Waals surface area contributed by atoms with Crippen molar-refractivity contribution in [3.63, 3.8) is 0 Å². The van der Waals surface area contributed by atoms with E-state index in [4.69, 9.17) is 9.41 Å². The summed E-state index contributed by atoms with van der Waals surface area (Å²) in [4.78, 5) is 65.2. The van der Waals surface area contributed by atoms with E-state index in [1.54, 1.807) is 23.5 Å². The molecule has 3 amide bonds. The molecule has 3 aromatic carbocycles. The molecule has 1 fully saturated rings. The second-order valence-corrected chi connectivity index (χ2v) is 18.7. The van der Waals surface area contributed by atoms with Crippen molar-refractivity contribution in [3.05, 3.63) is 129 Å². The summed E-state index contributed by atoms with van der Waals surface area (Å²) in [5.41, 5.74) is 7.31. The van der Waals surface area contributed by atoms with Crippen LogP contribution in [0, 0.1) is 33.1 Å². The molecule has 4 atom stereocenters. The van der Waals surface area contributed by atoms with E-state index >= 15 is 0 Å². The number of carbonyl (C=O) groups excluding carboxylic acids is 3. The summed E-state index contributed by atoms with van der Waals surface area (Å²) < 4.78 is 7.40. The highest BCUT2D eigenvalue weighted by atomic mass is 32.1. The zero-order valence-corrected chi connectivity index (χ0v) is 37.5. The van der Waals surface area contributed by atoms with E-state index in [1.165, 1.54) is 11.3 Å². The highest BCUT2D eigenvalue weighted by molar-refractivity contribution is 7.15. The smallest absolute Gasteiger partial charge is 0.306 e. The third-order valence-electron chi connectivity index (χ3n) is 11.9. The van der Waals surface area contributed by atoms with Gasteiger partial charge in [0.2, 0.25) is 11.8 Å². The third kappa shape index (κ3) is 8.62. The predicted molar refractivity (Wildman–Crippen MR) is 241 cm³/mol. The highest BCUT2D eigenvalue weighted by Gasteiger charge is 2.44. The van der Waals surface area contributed by atoms with Crippen LogP contribution in [-0.2, 0) is 20.9 Å². The van der Waals surface area contributed by atoms with Crippen LogP contribution in [0.25, 0.3) is 27.5 Å². The number of rotatable bonds is 11. The number of carbonyl (C=O) groups is 4. The summed E-state index contributed by atoms with van der Waals surface area (Å²) in [5.74, 6) is -0.460. The first-order chi connectivity index (χ1) is 30.5. The number of aliphatic hydroxyl groups excluding tert-OH is 1. The van der Waals surface area contributed by atoms with Crippen molar-refractivity contribution < 1.29 is 33.8 Å². The summed E-state index contributed by atoms with van der Waals surface area (Å²) >= 11 is 1.60. The second-order valence-electron chi connectivity index (χ2n) is 17.5. The average Bonchev–Trinajstić information content (AvgIpc) is 4.03. The Bertz CT molecular complexity index is 2780. The van der Waals surface area contributed by atoms with Crippen LogP contribution in [0.4, 0.5) is 0 Å². The van der Waals surface area contributed by atoms with Gasteiger partial charge in [-0.25, -0.2) is 4.98 Å². The minimum atomic E-state index is -1.00. The van der Waals surface area contributed by atoms with Crippen molar-refractivity contribution in [2.75, 3.05) is 6.54 Å². The molecular weight excluding hydrogens is 833 g/mol. The van der Waals surface area contributed by atoms with Gasteiger partial charge in [0.25, 0.3) is 5.91 Å². The van der Waals surface area contributed by atoms with E-state index in [0.717, 1.165) is 54.5 Å². The molecule has 0 radical (unpaired) electrons. The number of amides is 3. The first kappa shape index (κ1) is 43.9. The maximum atomic E-state index is 14.2. The number of carboxylic acids is 1. The number of hydrogen-bond donors (Lipinski definition) is 4. The molecule has 0 saturated carbocycles. The van der Waals surface area contributed by atoms with Gasteiger partial charge >= 0.3 is 5.97 Å². The molecule has 4 N–H and O–H groups in total. The Labute approximate surface area is 374 Å². The van der Waals surface area contributed by atoms with Gasteiger partial charge in [0.15, 0.2) is 18.0 Å². The van der Waals surface area contributed by atoms with Gasteiger partial charge in [0, 0.05) is 46.6 Å². The summed E-state index contributed by atoms with van der Waals surface area (Å²) in [7, 11) is 0. The van der Waals surface area contributed by atoms with Crippen molar-refractivity contribution in [2.24, 2.45) is 10.4 Å². The number of aliphatic hydroxyl groups is 1. The van der Waals surface area contributed by atoms with Crippen LogP contribution in [0.5, 0.6) is 0 Å². The van der Waals surface area contributed by atoms with Crippen molar-refractivity contribution in [1.82, 2.24) is 35.3 Å². The standard InChI is InChI=1S/C48H50N8O7S/c1-25-27(3)64-47-39(25)40(51-36(21-38(58)59)43-54-53-28(4)56(43)47)32-16-12-30(13-17-32)31-14-18-34(19-15-31)44(60)52-42(48(5,6)7)46(62)55-23-35(57)20-37(55)45(61)49-22-29-8-10-33(11-9-29)41-26(2)50-24-63-41/h8-19,24,35-37,42,57H,20-23H2,1-7H3,(H,49,61)(H,52,60)(H,58,59)/t35-,36+,37+,42?/m1/s1. The second kappa shape index (κ2) is 17.4. The molecule has 330 valence electrons. The number of carboxylic acid groups (broad SMARTS) is 1. The van der Waals surface area contributed by atoms with Gasteiger partial charge in [-0.05, 0) is 67.5 Å². The Morgan fingerprint density at radius 2 is 1.53 bits per heavy atom. The SMILES string of the molecule is Cc1ncoc1-c1ccc(CNC(=O)[C@@H]2C[C@@H](O)CN2C(=O)C(NC(=O)c2ccc(-c3ccc(C4=N[C@@H](CC(=O)O)c5nnc(C)n5-c5sc(C)c(C)c54)cc3)cc2)C(C)(C)C)cc1. The first-order valence-electron chi connectivity index (χ1n) is 21.1. The van der Waals surface area contributed by atoms with Gasteiger partial charge in [0.05, 0.1) is 23.9 Å². The largest absolute Gasteiger partial charge is 0.481 e. The van der Waals surface area contributed by atoms with Gasteiger partial charge < -0.3 is 30.2 Å². The number of hydrogen-bond acceptors (Lipinski definition) is 11. The average molecular weight is 883 g/mol. The highest BCUT2D eigenvalue weighted by Crippen LogP contribution is 2.40. The van der Waals surface area contributed by atoms with Crippen LogP contribution in [0.2, 0.25) is 0 Å². The van der Waals surface area contributed by atoms with Gasteiger partial charge in [-0.15, -0.1) is 21.5 Å².